The molecule has 0 aliphatic heterocycles. The second kappa shape index (κ2) is 141. The summed E-state index contributed by atoms with van der Waals surface area (Å²) in [6.07, 6.45) is 54.2. The molecule has 0 aromatic rings. The Morgan fingerprint density at radius 1 is 0.167 bits per heavy atom. The highest BCUT2D eigenvalue weighted by Crippen LogP contribution is 2.14. The van der Waals surface area contributed by atoms with E-state index in [2.05, 4.69) is 57.2 Å². The molecule has 0 rings (SSSR count). The Labute approximate surface area is 718 Å². The summed E-state index contributed by atoms with van der Waals surface area (Å²) in [7, 11) is 0. The number of carbonyl (C=O) groups is 3. The lowest BCUT2D eigenvalue weighted by atomic mass is 10.1. The molecule has 36 heteroatoms. The normalized spacial score (nSPS) is 10.6. The summed E-state index contributed by atoms with van der Waals surface area (Å²) in [5.41, 5.74) is 0. The van der Waals surface area contributed by atoms with Crippen molar-refractivity contribution in [3.63, 3.8) is 0 Å². The quantitative estimate of drug-likeness (QED) is 0.0304. The highest BCUT2D eigenvalue weighted by Gasteiger charge is 2.03. The number of aliphatic carboxylic acids is 3. The van der Waals surface area contributed by atoms with Crippen molar-refractivity contribution in [2.75, 3.05) is 132 Å². The third-order valence-electron chi connectivity index (χ3n) is 15.2. The van der Waals surface area contributed by atoms with Gasteiger partial charge in [0.25, 0.3) is 0 Å². The molecule has 0 heterocycles. The maximum Gasteiger partial charge on any atom is 0.303 e. The van der Waals surface area contributed by atoms with Crippen LogP contribution in [-0.2, 0) is 14.4 Å². The van der Waals surface area contributed by atoms with Crippen molar-refractivity contribution in [1.29, 1.82) is 0 Å². The first-order valence-corrected chi connectivity index (χ1v) is 43.0. The van der Waals surface area contributed by atoms with Crippen LogP contribution in [0.15, 0.2) is 36.5 Å². The number of carboxylic acid groups (broad SMARTS) is 3. The zero-order valence-electron chi connectivity index (χ0n) is 73.6. The van der Waals surface area contributed by atoms with Crippen molar-refractivity contribution in [1.82, 2.24) is 0 Å². The van der Waals surface area contributed by atoms with Gasteiger partial charge >= 0.3 is 17.9 Å². The summed E-state index contributed by atoms with van der Waals surface area (Å²) < 4.78 is 0. The van der Waals surface area contributed by atoms with Gasteiger partial charge < -0.3 is 169 Å². The lowest BCUT2D eigenvalue weighted by molar-refractivity contribution is -0.138. The fourth-order valence-electron chi connectivity index (χ4n) is 7.62. The summed E-state index contributed by atoms with van der Waals surface area (Å²) in [5.74, 6) is -1.99. The van der Waals surface area contributed by atoms with E-state index in [9.17, 15) is 14.4 Å². The van der Waals surface area contributed by atoms with Gasteiger partial charge in [-0.25, -0.2) is 0 Å². The number of rotatable bonds is 65. The first-order chi connectivity index (χ1) is 57.4. The third-order valence-corrected chi connectivity index (χ3v) is 15.2. The molecule has 0 atom stereocenters. The molecule has 120 heavy (non-hydrogen) atoms. The number of carboxylic acids is 3. The predicted molar refractivity (Wildman–Crippen MR) is 463 cm³/mol. The predicted octanol–water partition coefficient (Wildman–Crippen LogP) is 1.64. The minimum Gasteiger partial charge on any atom is -0.481 e. The molecule has 0 radical (unpaired) electrons. The molecule has 0 bridgehead atoms. The maximum atomic E-state index is 10.3. The van der Waals surface area contributed by atoms with Gasteiger partial charge in [-0.15, -0.1) is 0 Å². The van der Waals surface area contributed by atoms with E-state index in [1.807, 2.05) is 0 Å². The summed E-state index contributed by atoms with van der Waals surface area (Å²) in [6, 6.07) is 0. The van der Waals surface area contributed by atoms with Crippen LogP contribution in [0.4, 0.5) is 0 Å². The average Bonchev–Trinajstić information content (AvgIpc) is 1.12. The molecular formula is C84H182O36. The molecule has 33 N–H and O–H groups in total. The molecule has 36 nitrogen and oxygen atoms in total. The number of aliphatic hydroxyl groups is 30. The number of hydrogen-bond acceptors (Lipinski definition) is 33. The van der Waals surface area contributed by atoms with Gasteiger partial charge in [-0.05, 0) is 96.3 Å². The Kier molecular flexibility index (Phi) is 171. The summed E-state index contributed by atoms with van der Waals surface area (Å²) >= 11 is 0. The van der Waals surface area contributed by atoms with Gasteiger partial charge in [-0.3, -0.25) is 14.4 Å². The van der Waals surface area contributed by atoms with Crippen molar-refractivity contribution in [2.24, 2.45) is 0 Å². The molecular weight excluding hydrogens is 1580 g/mol. The van der Waals surface area contributed by atoms with E-state index in [4.69, 9.17) is 169 Å². The van der Waals surface area contributed by atoms with E-state index < -0.39 is 78.9 Å². The van der Waals surface area contributed by atoms with Gasteiger partial charge in [0, 0.05) is 19.3 Å². The van der Waals surface area contributed by atoms with Gasteiger partial charge in [-0.1, -0.05) is 211 Å². The van der Waals surface area contributed by atoms with Crippen LogP contribution in [0.1, 0.15) is 290 Å². The van der Waals surface area contributed by atoms with Crippen molar-refractivity contribution in [3.05, 3.63) is 36.5 Å². The second-order valence-electron chi connectivity index (χ2n) is 27.4. The third kappa shape index (κ3) is 193. The lowest BCUT2D eigenvalue weighted by Crippen LogP contribution is -2.15. The lowest BCUT2D eigenvalue weighted by Gasteiger charge is -1.99. The minimum atomic E-state index is -0.954. The standard InChI is InChI=1S/3C18H34O2.10C3H8O3/c3*1-2-3-4-5-6-7-8-9-10-11-12-13-14-15-16-17-18(19)20;10*4-1-3(6)2-5/h3*9-10H,2-8,11-17H2,1H3,(H,19,20);10*3-6H,1-2H2/b3*10-9-;;;;;;;;;;. The van der Waals surface area contributed by atoms with Gasteiger partial charge in [0.2, 0.25) is 0 Å². The summed E-state index contributed by atoms with van der Waals surface area (Å²) in [5, 5.41) is 266. The van der Waals surface area contributed by atoms with E-state index in [0.717, 1.165) is 38.5 Å². The van der Waals surface area contributed by atoms with Crippen LogP contribution in [0.25, 0.3) is 0 Å². The second-order valence-corrected chi connectivity index (χ2v) is 27.4. The fourth-order valence-corrected chi connectivity index (χ4v) is 7.62. The van der Waals surface area contributed by atoms with Gasteiger partial charge in [0.15, 0.2) is 0 Å². The van der Waals surface area contributed by atoms with Gasteiger partial charge in [0.1, 0.15) is 61.0 Å². The molecule has 0 amide bonds. The topological polar surface area (TPSA) is 719 Å². The maximum absolute atomic E-state index is 10.3. The van der Waals surface area contributed by atoms with Crippen LogP contribution in [-0.4, -0.2) is 380 Å². The molecule has 0 aliphatic carbocycles. The van der Waals surface area contributed by atoms with Crippen molar-refractivity contribution in [2.45, 2.75) is 351 Å². The number of aliphatic hydroxyl groups excluding tert-OH is 30. The molecule has 0 aliphatic rings. The van der Waals surface area contributed by atoms with Crippen LogP contribution in [0.3, 0.4) is 0 Å². The van der Waals surface area contributed by atoms with E-state index in [0.29, 0.717) is 19.3 Å². The zero-order valence-corrected chi connectivity index (χ0v) is 73.6. The number of hydrogen-bond donors (Lipinski definition) is 33. The smallest absolute Gasteiger partial charge is 0.303 e. The van der Waals surface area contributed by atoms with E-state index >= 15 is 0 Å². The summed E-state index contributed by atoms with van der Waals surface area (Å²) in [4.78, 5) is 31.0. The van der Waals surface area contributed by atoms with E-state index in [-0.39, 0.29) is 132 Å². The van der Waals surface area contributed by atoms with Gasteiger partial charge in [-0.2, -0.15) is 0 Å². The summed E-state index contributed by atoms with van der Waals surface area (Å²) in [6.45, 7) is -0.515. The zero-order chi connectivity index (χ0) is 94.6. The highest BCUT2D eigenvalue weighted by molar-refractivity contribution is 5.67. The number of unbranched alkanes of at least 4 members (excludes halogenated alkanes) is 33. The molecule has 0 spiro atoms. The number of allylic oxidation sites excluding steroid dienone is 6. The molecule has 0 aromatic heterocycles. The van der Waals surface area contributed by atoms with Crippen LogP contribution >= 0.6 is 0 Å². The van der Waals surface area contributed by atoms with E-state index in [1.165, 1.54) is 212 Å². The molecule has 0 saturated carbocycles. The Morgan fingerprint density at radius 3 is 0.342 bits per heavy atom. The Bertz CT molecular complexity index is 1500. The molecule has 0 unspecified atom stereocenters. The highest BCUT2D eigenvalue weighted by atomic mass is 16.4. The Balaban J connectivity index is -0.0000000981. The van der Waals surface area contributed by atoms with Crippen LogP contribution in [0.2, 0.25) is 0 Å². The monoisotopic (exact) mass is 1770 g/mol. The largest absolute Gasteiger partial charge is 0.481 e. The molecule has 0 saturated heterocycles. The van der Waals surface area contributed by atoms with Crippen molar-refractivity contribution in [3.8, 4) is 0 Å². The first-order valence-electron chi connectivity index (χ1n) is 43.0. The van der Waals surface area contributed by atoms with Crippen LogP contribution < -0.4 is 0 Å². The molecule has 0 aromatic carbocycles. The fraction of sp³-hybridized carbons (Fsp3) is 0.893. The molecule has 0 fully saturated rings. The van der Waals surface area contributed by atoms with Crippen molar-refractivity contribution >= 4 is 17.9 Å². The Hall–Kier alpha value is -3.57. The SMILES string of the molecule is CCCCCCCC/C=C\CCCCCCCC(=O)O.CCCCCCCC/C=C\CCCCCCCC(=O)O.CCCCCCCC/C=C\CCCCCCCC(=O)O.OCC(O)CO.OCC(O)CO.OCC(O)CO.OCC(O)CO.OCC(O)CO.OCC(O)CO.OCC(O)CO.OCC(O)CO.OCC(O)CO.OCC(O)CO. The van der Waals surface area contributed by atoms with Crippen molar-refractivity contribution < 1.29 is 183 Å². The first kappa shape index (κ1) is 145. The van der Waals surface area contributed by atoms with Crippen LogP contribution in [0.5, 0.6) is 0 Å². The van der Waals surface area contributed by atoms with Gasteiger partial charge in [0.05, 0.1) is 132 Å². The Morgan fingerprint density at radius 2 is 0.258 bits per heavy atom. The average molecular weight is 1770 g/mol. The minimum absolute atomic E-state index is 0.332. The van der Waals surface area contributed by atoms with Crippen LogP contribution in [0, 0.1) is 0 Å². The molecule has 734 valence electrons. The van der Waals surface area contributed by atoms with E-state index in [1.54, 1.807) is 0 Å².